The zero-order valence-corrected chi connectivity index (χ0v) is 16.5. The molecule has 0 bridgehead atoms. The number of hydrogen-bond acceptors (Lipinski definition) is 6. The zero-order valence-electron chi connectivity index (χ0n) is 15.7. The molecular formula is C20H20N2O5S. The van der Waals surface area contributed by atoms with Crippen molar-refractivity contribution in [2.45, 2.75) is 4.90 Å². The van der Waals surface area contributed by atoms with Crippen LogP contribution >= 0.6 is 0 Å². The third-order valence-electron chi connectivity index (χ3n) is 4.10. The molecule has 3 aromatic rings. The van der Waals surface area contributed by atoms with Crippen LogP contribution in [-0.4, -0.2) is 36.0 Å². The van der Waals surface area contributed by atoms with Crippen molar-refractivity contribution in [1.82, 2.24) is 4.83 Å². The summed E-state index contributed by atoms with van der Waals surface area (Å²) in [5.41, 5.74) is 0.579. The molecule has 0 atom stereocenters. The Morgan fingerprint density at radius 1 is 0.857 bits per heavy atom. The second-order valence-electron chi connectivity index (χ2n) is 5.82. The fraction of sp³-hybridized carbons (Fsp3) is 0.150. The number of sulfonamides is 1. The molecule has 0 unspecified atom stereocenters. The van der Waals surface area contributed by atoms with Crippen molar-refractivity contribution < 1.29 is 22.6 Å². The maximum Gasteiger partial charge on any atom is 0.276 e. The Labute approximate surface area is 163 Å². The van der Waals surface area contributed by atoms with Crippen LogP contribution in [0.3, 0.4) is 0 Å². The van der Waals surface area contributed by atoms with Crippen molar-refractivity contribution >= 4 is 27.0 Å². The summed E-state index contributed by atoms with van der Waals surface area (Å²) in [6.45, 7) is 0. The molecule has 0 aliphatic carbocycles. The van der Waals surface area contributed by atoms with E-state index in [9.17, 15) is 8.42 Å². The molecule has 28 heavy (non-hydrogen) atoms. The summed E-state index contributed by atoms with van der Waals surface area (Å²) in [6, 6.07) is 15.8. The minimum absolute atomic E-state index is 0.133. The molecule has 146 valence electrons. The Morgan fingerprint density at radius 3 is 2.11 bits per heavy atom. The molecule has 0 aromatic heterocycles. The Balaban J connectivity index is 1.84. The quantitative estimate of drug-likeness (QED) is 0.486. The van der Waals surface area contributed by atoms with E-state index in [1.807, 2.05) is 24.3 Å². The Hall–Kier alpha value is -3.26. The summed E-state index contributed by atoms with van der Waals surface area (Å²) >= 11 is 0. The number of nitrogens with one attached hydrogen (secondary N) is 1. The van der Waals surface area contributed by atoms with Gasteiger partial charge in [-0.05, 0) is 35.0 Å². The van der Waals surface area contributed by atoms with Gasteiger partial charge in [-0.2, -0.15) is 13.5 Å². The standard InChI is InChI=1S/C20H20N2O5S/c1-25-18-10-14(11-19(26-2)20(18)27-3)13-21-22-28(23,24)17-9-8-15-6-4-5-7-16(15)12-17/h4-13,22H,1-3H3/b21-13-. The number of ether oxygens (including phenoxy) is 3. The lowest BCUT2D eigenvalue weighted by Crippen LogP contribution is -2.18. The molecule has 0 aliphatic rings. The normalized spacial score (nSPS) is 11.5. The van der Waals surface area contributed by atoms with Gasteiger partial charge < -0.3 is 14.2 Å². The average Bonchev–Trinajstić information content (AvgIpc) is 2.72. The first kappa shape index (κ1) is 19.5. The molecule has 0 heterocycles. The van der Waals surface area contributed by atoms with Crippen LogP contribution in [0.4, 0.5) is 0 Å². The highest BCUT2D eigenvalue weighted by atomic mass is 32.2. The largest absolute Gasteiger partial charge is 0.493 e. The number of hydrazone groups is 1. The smallest absolute Gasteiger partial charge is 0.276 e. The number of nitrogens with zero attached hydrogens (tertiary/aromatic N) is 1. The highest BCUT2D eigenvalue weighted by Gasteiger charge is 2.14. The first-order valence-corrected chi connectivity index (χ1v) is 9.80. The highest BCUT2D eigenvalue weighted by molar-refractivity contribution is 7.89. The van der Waals surface area contributed by atoms with E-state index >= 15 is 0 Å². The lowest BCUT2D eigenvalue weighted by Gasteiger charge is -2.12. The van der Waals surface area contributed by atoms with Crippen LogP contribution in [0, 0.1) is 0 Å². The van der Waals surface area contributed by atoms with Gasteiger partial charge in [0.2, 0.25) is 5.75 Å². The molecule has 0 aliphatic heterocycles. The van der Waals surface area contributed by atoms with Crippen molar-refractivity contribution in [3.05, 3.63) is 60.2 Å². The van der Waals surface area contributed by atoms with Crippen molar-refractivity contribution in [1.29, 1.82) is 0 Å². The lowest BCUT2D eigenvalue weighted by atomic mass is 10.1. The summed E-state index contributed by atoms with van der Waals surface area (Å²) in [5, 5.41) is 5.65. The molecule has 0 amide bonds. The van der Waals surface area contributed by atoms with E-state index in [1.54, 1.807) is 30.3 Å². The Morgan fingerprint density at radius 2 is 1.50 bits per heavy atom. The minimum atomic E-state index is -3.80. The van der Waals surface area contributed by atoms with Crippen LogP contribution in [0.25, 0.3) is 10.8 Å². The molecule has 7 nitrogen and oxygen atoms in total. The Kier molecular flexibility index (Phi) is 5.70. The fourth-order valence-electron chi connectivity index (χ4n) is 2.73. The topological polar surface area (TPSA) is 86.2 Å². The second-order valence-corrected chi connectivity index (χ2v) is 7.48. The lowest BCUT2D eigenvalue weighted by molar-refractivity contribution is 0.324. The van der Waals surface area contributed by atoms with Crippen LogP contribution in [0.5, 0.6) is 17.2 Å². The SMILES string of the molecule is COc1cc(/C=N\NS(=O)(=O)c2ccc3ccccc3c2)cc(OC)c1OC. The third kappa shape index (κ3) is 4.01. The van der Waals surface area contributed by atoms with E-state index < -0.39 is 10.0 Å². The highest BCUT2D eigenvalue weighted by Crippen LogP contribution is 2.37. The predicted molar refractivity (Wildman–Crippen MR) is 108 cm³/mol. The zero-order chi connectivity index (χ0) is 20.1. The third-order valence-corrected chi connectivity index (χ3v) is 5.33. The van der Waals surface area contributed by atoms with Crippen molar-refractivity contribution in [2.24, 2.45) is 5.10 Å². The first-order valence-electron chi connectivity index (χ1n) is 8.32. The number of rotatable bonds is 7. The number of benzene rings is 3. The minimum Gasteiger partial charge on any atom is -0.493 e. The molecule has 0 spiro atoms. The molecule has 0 saturated heterocycles. The number of fused-ring (bicyclic) bond motifs is 1. The summed E-state index contributed by atoms with van der Waals surface area (Å²) < 4.78 is 40.8. The van der Waals surface area contributed by atoms with Gasteiger partial charge in [-0.25, -0.2) is 4.83 Å². The molecule has 0 fully saturated rings. The van der Waals surface area contributed by atoms with Crippen LogP contribution in [0.15, 0.2) is 64.6 Å². The van der Waals surface area contributed by atoms with Gasteiger partial charge in [-0.15, -0.1) is 0 Å². The van der Waals surface area contributed by atoms with Crippen LogP contribution in [0.2, 0.25) is 0 Å². The maximum absolute atomic E-state index is 12.5. The van der Waals surface area contributed by atoms with Crippen molar-refractivity contribution in [3.8, 4) is 17.2 Å². The molecule has 0 saturated carbocycles. The summed E-state index contributed by atoms with van der Waals surface area (Å²) in [4.78, 5) is 2.35. The van der Waals surface area contributed by atoms with Gasteiger partial charge in [-0.1, -0.05) is 30.3 Å². The van der Waals surface area contributed by atoms with Gasteiger partial charge in [0.1, 0.15) is 0 Å². The van der Waals surface area contributed by atoms with Crippen molar-refractivity contribution in [3.63, 3.8) is 0 Å². The fourth-order valence-corrected chi connectivity index (χ4v) is 3.56. The summed E-state index contributed by atoms with van der Waals surface area (Å²) in [6.07, 6.45) is 1.36. The molecular weight excluding hydrogens is 380 g/mol. The van der Waals surface area contributed by atoms with Gasteiger partial charge >= 0.3 is 0 Å². The van der Waals surface area contributed by atoms with Gasteiger partial charge in [0.15, 0.2) is 11.5 Å². The Bertz CT molecular complexity index is 1100. The van der Waals surface area contributed by atoms with Gasteiger partial charge in [0.25, 0.3) is 10.0 Å². The number of methoxy groups -OCH3 is 3. The predicted octanol–water partition coefficient (Wildman–Crippen LogP) is 3.18. The van der Waals surface area contributed by atoms with Crippen molar-refractivity contribution in [2.75, 3.05) is 21.3 Å². The van der Waals surface area contributed by atoms with E-state index in [4.69, 9.17) is 14.2 Å². The van der Waals surface area contributed by atoms with Gasteiger partial charge in [-0.3, -0.25) is 0 Å². The average molecular weight is 400 g/mol. The van der Waals surface area contributed by atoms with E-state index in [-0.39, 0.29) is 4.90 Å². The summed E-state index contributed by atoms with van der Waals surface area (Å²) in [7, 11) is 0.706. The molecule has 8 heteroatoms. The van der Waals surface area contributed by atoms with E-state index in [2.05, 4.69) is 9.93 Å². The molecule has 1 N–H and O–H groups in total. The van der Waals surface area contributed by atoms with Gasteiger partial charge in [0, 0.05) is 5.56 Å². The van der Waals surface area contributed by atoms with Gasteiger partial charge in [0.05, 0.1) is 32.4 Å². The first-order chi connectivity index (χ1) is 13.5. The monoisotopic (exact) mass is 400 g/mol. The molecule has 0 radical (unpaired) electrons. The second kappa shape index (κ2) is 8.18. The number of hydrogen-bond donors (Lipinski definition) is 1. The van der Waals surface area contributed by atoms with E-state index in [1.165, 1.54) is 27.5 Å². The van der Waals surface area contributed by atoms with Crippen LogP contribution in [0.1, 0.15) is 5.56 Å². The van der Waals surface area contributed by atoms with Crippen LogP contribution in [-0.2, 0) is 10.0 Å². The van der Waals surface area contributed by atoms with E-state index in [0.717, 1.165) is 10.8 Å². The molecule has 3 aromatic carbocycles. The molecule has 3 rings (SSSR count). The summed E-state index contributed by atoms with van der Waals surface area (Å²) in [5.74, 6) is 1.33. The maximum atomic E-state index is 12.5. The van der Waals surface area contributed by atoms with Crippen LogP contribution < -0.4 is 19.0 Å². The van der Waals surface area contributed by atoms with E-state index in [0.29, 0.717) is 22.8 Å².